The maximum atomic E-state index is 15.4. The first-order valence-electron chi connectivity index (χ1n) is 50.6. The van der Waals surface area contributed by atoms with Crippen LogP contribution in [-0.4, -0.2) is 0 Å². The largest absolute Gasteiger partial charge is 0.309 e. The first-order chi connectivity index (χ1) is 73.1. The highest BCUT2D eigenvalue weighted by Crippen LogP contribution is 2.55. The zero-order valence-electron chi connectivity index (χ0n) is 80.8. The number of benzene rings is 29. The van der Waals surface area contributed by atoms with E-state index in [1.165, 1.54) is 190 Å². The van der Waals surface area contributed by atoms with Crippen molar-refractivity contribution in [2.75, 3.05) is 0 Å². The molecule has 0 saturated carbocycles. The molecule has 694 valence electrons. The fraction of sp³-hybridized carbons (Fsp3) is 0. The highest BCUT2D eigenvalue weighted by atomic mass is 31.2. The second-order valence-electron chi connectivity index (χ2n) is 38.6. The molecule has 0 aliphatic carbocycles. The van der Waals surface area contributed by atoms with Gasteiger partial charge in [0.05, 0.1) is 0 Å². The number of hydrogen-bond acceptors (Lipinski definition) is 3. The molecule has 29 rings (SSSR count). The van der Waals surface area contributed by atoms with Crippen molar-refractivity contribution in [3.05, 3.63) is 564 Å². The SMILES string of the molecule is O=P(c1ccccc1)(c1ccccc1)c1ccc(-c2c3ccccc3c(-c3ccc4ccc5cccc6ccc3c4c56)c3ccccc23)cc1.O=P(c1ccccc1)(c1ccccc1)c1cccc(-c2c3ccccc3c(-c3c4ccccc4cc4ccccc34)c3ccccc23)c1.O=P(c1ccccc1)(c1ccccc1)c1cccc(-c2c3ccccc3c(-c3ccc4ccc5cccc6ccc3c4c56)c3ccccc23)c1. The Labute approximate surface area is 858 Å². The predicted octanol–water partition coefficient (Wildman–Crippen LogP) is 35.0. The molecule has 0 spiro atoms. The number of fused-ring (bicyclic) bond motifs is 8. The minimum absolute atomic E-state index is 0.828. The van der Waals surface area contributed by atoms with Gasteiger partial charge in [-0.3, -0.25) is 0 Å². The summed E-state index contributed by atoms with van der Waals surface area (Å²) in [4.78, 5) is 0. The second kappa shape index (κ2) is 36.8. The van der Waals surface area contributed by atoms with Crippen LogP contribution in [0.5, 0.6) is 0 Å². The molecule has 0 bridgehead atoms. The Morgan fingerprint density at radius 3 is 0.615 bits per heavy atom. The maximum Gasteiger partial charge on any atom is 0.171 e. The Morgan fingerprint density at radius 1 is 0.108 bits per heavy atom. The Morgan fingerprint density at radius 2 is 0.311 bits per heavy atom. The minimum atomic E-state index is -3.16. The van der Waals surface area contributed by atoms with Crippen LogP contribution in [-0.2, 0) is 13.7 Å². The van der Waals surface area contributed by atoms with Gasteiger partial charge in [0.1, 0.15) is 0 Å². The fourth-order valence-electron chi connectivity index (χ4n) is 24.1. The zero-order chi connectivity index (χ0) is 98.6. The van der Waals surface area contributed by atoms with Crippen molar-refractivity contribution in [2.45, 2.75) is 0 Å². The lowest BCUT2D eigenvalue weighted by molar-refractivity contribution is 0.591. The molecule has 0 aliphatic rings. The summed E-state index contributed by atoms with van der Waals surface area (Å²) >= 11 is 0. The summed E-state index contributed by atoms with van der Waals surface area (Å²) < 4.78 is 46.0. The van der Waals surface area contributed by atoms with Gasteiger partial charge in [-0.1, -0.05) is 546 Å². The molecular formula is C142H93O3P3. The van der Waals surface area contributed by atoms with Gasteiger partial charge in [-0.25, -0.2) is 0 Å². The Bertz CT molecular complexity index is 10100. The maximum absolute atomic E-state index is 15.4. The molecule has 6 heteroatoms. The molecular weight excluding hydrogens is 1850 g/mol. The third-order valence-corrected chi connectivity index (χ3v) is 39.8. The minimum Gasteiger partial charge on any atom is -0.309 e. The van der Waals surface area contributed by atoms with E-state index in [1.54, 1.807) is 0 Å². The lowest BCUT2D eigenvalue weighted by atomic mass is 9.83. The summed E-state index contributed by atoms with van der Waals surface area (Å²) in [6.07, 6.45) is 0. The lowest BCUT2D eigenvalue weighted by Gasteiger charge is -2.22. The molecule has 29 aromatic carbocycles. The fourth-order valence-corrected chi connectivity index (χ4v) is 32.1. The smallest absolute Gasteiger partial charge is 0.171 e. The lowest BCUT2D eigenvalue weighted by Crippen LogP contribution is -2.25. The third kappa shape index (κ3) is 14.7. The molecule has 3 nitrogen and oxygen atoms in total. The zero-order valence-corrected chi connectivity index (χ0v) is 83.4. The van der Waals surface area contributed by atoms with Gasteiger partial charge >= 0.3 is 0 Å². The molecule has 0 aromatic heterocycles. The van der Waals surface area contributed by atoms with Crippen LogP contribution in [0.3, 0.4) is 0 Å². The summed E-state index contributed by atoms with van der Waals surface area (Å²) in [5.74, 6) is 0. The Kier molecular flexibility index (Phi) is 22.2. The number of rotatable bonds is 15. The van der Waals surface area contributed by atoms with Crippen molar-refractivity contribution in [1.29, 1.82) is 0 Å². The summed E-state index contributed by atoms with van der Waals surface area (Å²) in [5, 5.41) is 42.3. The number of hydrogen-bond donors (Lipinski definition) is 0. The Balaban J connectivity index is 0.000000110. The van der Waals surface area contributed by atoms with E-state index >= 15 is 13.7 Å². The molecule has 0 unspecified atom stereocenters. The molecule has 148 heavy (non-hydrogen) atoms. The Hall–Kier alpha value is -17.8. The van der Waals surface area contributed by atoms with Crippen LogP contribution in [0, 0.1) is 0 Å². The highest BCUT2D eigenvalue weighted by Gasteiger charge is 2.35. The molecule has 0 saturated heterocycles. The van der Waals surface area contributed by atoms with Crippen LogP contribution < -0.4 is 47.7 Å². The molecule has 0 N–H and O–H groups in total. The molecule has 0 atom stereocenters. The average molecular weight is 1940 g/mol. The molecule has 0 aliphatic heterocycles. The summed E-state index contributed by atoms with van der Waals surface area (Å²) in [6, 6.07) is 198. The van der Waals surface area contributed by atoms with Crippen molar-refractivity contribution in [3.63, 3.8) is 0 Å². The monoisotopic (exact) mass is 1940 g/mol. The second-order valence-corrected chi connectivity index (χ2v) is 46.9. The molecule has 0 amide bonds. The van der Waals surface area contributed by atoms with E-state index in [1.807, 2.05) is 194 Å². The van der Waals surface area contributed by atoms with Gasteiger partial charge in [0.2, 0.25) is 0 Å². The van der Waals surface area contributed by atoms with Crippen molar-refractivity contribution < 1.29 is 13.7 Å². The van der Waals surface area contributed by atoms with E-state index in [2.05, 4.69) is 370 Å². The van der Waals surface area contributed by atoms with Crippen LogP contribution in [0.15, 0.2) is 564 Å². The summed E-state index contributed by atoms with van der Waals surface area (Å²) in [7, 11) is -9.40. The summed E-state index contributed by atoms with van der Waals surface area (Å²) in [6.45, 7) is 0. The van der Waals surface area contributed by atoms with Gasteiger partial charge in [0.15, 0.2) is 21.4 Å². The molecule has 29 aromatic rings. The molecule has 0 fully saturated rings. The van der Waals surface area contributed by atoms with Gasteiger partial charge in [0.25, 0.3) is 0 Å². The van der Waals surface area contributed by atoms with Crippen LogP contribution in [0.1, 0.15) is 0 Å². The van der Waals surface area contributed by atoms with E-state index in [0.29, 0.717) is 0 Å². The van der Waals surface area contributed by atoms with Crippen LogP contribution in [0.2, 0.25) is 0 Å². The molecule has 0 heterocycles. The van der Waals surface area contributed by atoms with Crippen LogP contribution in [0.4, 0.5) is 0 Å². The van der Waals surface area contributed by atoms with E-state index in [-0.39, 0.29) is 0 Å². The van der Waals surface area contributed by atoms with Gasteiger partial charge in [0, 0.05) is 47.7 Å². The average Bonchev–Trinajstić information content (AvgIpc) is 0.718. The predicted molar refractivity (Wildman–Crippen MR) is 638 cm³/mol. The summed E-state index contributed by atoms with van der Waals surface area (Å²) in [5.41, 5.74) is 14.2. The van der Waals surface area contributed by atoms with E-state index in [4.69, 9.17) is 0 Å². The van der Waals surface area contributed by atoms with Crippen LogP contribution in [0.25, 0.3) is 218 Å². The quantitative estimate of drug-likeness (QED) is 0.0584. The first kappa shape index (κ1) is 89.1. The first-order valence-corrected chi connectivity index (χ1v) is 55.8. The van der Waals surface area contributed by atoms with Crippen molar-refractivity contribution in [2.24, 2.45) is 0 Å². The third-order valence-electron chi connectivity index (χ3n) is 30.6. The normalized spacial score (nSPS) is 12.0. The van der Waals surface area contributed by atoms with E-state index in [0.717, 1.165) is 75.6 Å². The van der Waals surface area contributed by atoms with Gasteiger partial charge < -0.3 is 13.7 Å². The molecule has 0 radical (unpaired) electrons. The van der Waals surface area contributed by atoms with Gasteiger partial charge in [-0.2, -0.15) is 0 Å². The van der Waals surface area contributed by atoms with E-state index < -0.39 is 21.4 Å². The van der Waals surface area contributed by atoms with Crippen LogP contribution >= 0.6 is 21.4 Å². The van der Waals surface area contributed by atoms with Crippen molar-refractivity contribution in [1.82, 2.24) is 0 Å². The topological polar surface area (TPSA) is 51.2 Å². The van der Waals surface area contributed by atoms with Gasteiger partial charge in [-0.05, 0) is 236 Å². The highest BCUT2D eigenvalue weighted by molar-refractivity contribution is 7.86. The van der Waals surface area contributed by atoms with Crippen molar-refractivity contribution >= 4 is 220 Å². The van der Waals surface area contributed by atoms with Gasteiger partial charge in [-0.15, -0.1) is 0 Å². The van der Waals surface area contributed by atoms with Crippen molar-refractivity contribution in [3.8, 4) is 66.8 Å². The van der Waals surface area contributed by atoms with E-state index in [9.17, 15) is 0 Å². The standard InChI is InChI=1S/2C48H31OP.C46H31OP/c49-50(36-16-3-1-4-17-36,37-18-5-2-6-19-37)38-20-12-15-35(31-38)46-39-21-7-9-23-41(39)48(42-24-10-8-22-40(42)46)44-30-28-34-26-25-32-13-11-14-33-27-29-43(44)47(34)45(32)33;49-50(36-14-3-1-4-15-36,37-16-5-2-6-17-37)38-28-24-34(25-29-38)46-39-18-7-9-20-41(39)48(42-21-10-8-19-40(42)46)44-31-27-35-23-22-32-12-11-13-33-26-30-43(44)47(35)45(32)33;47-48(35-19-3-1-4-20-35,36-21-5-2-6-22-36)37-23-15-18-34(31-37)44-40-26-11-13-28-42(40)46(43-29-14-12-27-41(43)44)45-38-24-9-7-16-32(38)30-33-17-8-10-25-39(33)45/h2*1-31H;1-31H.